The van der Waals surface area contributed by atoms with Crippen molar-refractivity contribution in [2.24, 2.45) is 11.8 Å². The number of rotatable bonds is 5. The number of carboxylic acids is 1. The molecule has 0 bridgehead atoms. The van der Waals surface area contributed by atoms with Gasteiger partial charge in [-0.3, -0.25) is 9.59 Å². The van der Waals surface area contributed by atoms with Crippen LogP contribution in [0.15, 0.2) is 24.3 Å². The van der Waals surface area contributed by atoms with Gasteiger partial charge in [-0.05, 0) is 36.3 Å². The van der Waals surface area contributed by atoms with E-state index < -0.39 is 5.97 Å². The van der Waals surface area contributed by atoms with Gasteiger partial charge in [-0.2, -0.15) is 0 Å². The summed E-state index contributed by atoms with van der Waals surface area (Å²) < 4.78 is 0. The molecule has 1 heterocycles. The number of amides is 1. The van der Waals surface area contributed by atoms with Gasteiger partial charge in [-0.1, -0.05) is 37.6 Å². The summed E-state index contributed by atoms with van der Waals surface area (Å²) in [5, 5.41) is 9.24. The molecule has 3 rings (SSSR count). The average Bonchev–Trinajstić information content (AvgIpc) is 3.26. The van der Waals surface area contributed by atoms with Gasteiger partial charge in [0.2, 0.25) is 5.91 Å². The van der Waals surface area contributed by atoms with Crippen molar-refractivity contribution < 1.29 is 14.7 Å². The molecule has 1 aliphatic heterocycles. The molecule has 0 unspecified atom stereocenters. The van der Waals surface area contributed by atoms with Crippen LogP contribution >= 0.6 is 0 Å². The Kier molecular flexibility index (Phi) is 4.19. The molecule has 1 N–H and O–H groups in total. The van der Waals surface area contributed by atoms with E-state index in [4.69, 9.17) is 0 Å². The minimum absolute atomic E-state index is 0.00603. The highest BCUT2D eigenvalue weighted by Crippen LogP contribution is 2.45. The van der Waals surface area contributed by atoms with Crippen LogP contribution in [0, 0.1) is 11.8 Å². The number of carbonyl (C=O) groups is 2. The topological polar surface area (TPSA) is 57.6 Å². The van der Waals surface area contributed by atoms with E-state index in [0.717, 1.165) is 31.2 Å². The fourth-order valence-corrected chi connectivity index (χ4v) is 3.75. The highest BCUT2D eigenvalue weighted by Gasteiger charge is 2.46. The molecule has 4 nitrogen and oxygen atoms in total. The van der Waals surface area contributed by atoms with Crippen molar-refractivity contribution in [2.75, 3.05) is 6.54 Å². The van der Waals surface area contributed by atoms with Crippen LogP contribution in [-0.2, 0) is 16.0 Å². The summed E-state index contributed by atoms with van der Waals surface area (Å²) in [5.41, 5.74) is 2.19. The number of carbonyl (C=O) groups excluding carboxylic acids is 1. The van der Waals surface area contributed by atoms with Crippen molar-refractivity contribution in [2.45, 2.75) is 45.1 Å². The number of aliphatic carboxylic acids is 1. The van der Waals surface area contributed by atoms with E-state index in [-0.39, 0.29) is 24.3 Å². The molecule has 0 spiro atoms. The third kappa shape index (κ3) is 2.87. The first-order chi connectivity index (χ1) is 10.6. The summed E-state index contributed by atoms with van der Waals surface area (Å²) in [4.78, 5) is 25.9. The number of hydrogen-bond donors (Lipinski definition) is 1. The van der Waals surface area contributed by atoms with Gasteiger partial charge in [0.05, 0.1) is 12.5 Å². The van der Waals surface area contributed by atoms with Crippen LogP contribution in [0.1, 0.15) is 49.8 Å². The van der Waals surface area contributed by atoms with E-state index in [9.17, 15) is 14.7 Å². The highest BCUT2D eigenvalue weighted by atomic mass is 16.4. The Bertz CT molecular complexity index is 583. The van der Waals surface area contributed by atoms with Gasteiger partial charge < -0.3 is 10.0 Å². The maximum atomic E-state index is 12.8. The minimum Gasteiger partial charge on any atom is -0.481 e. The Labute approximate surface area is 131 Å². The summed E-state index contributed by atoms with van der Waals surface area (Å²) in [6.07, 6.45) is 4.00. The second-order valence-electron chi connectivity index (χ2n) is 6.49. The van der Waals surface area contributed by atoms with Gasteiger partial charge in [0.15, 0.2) is 0 Å². The summed E-state index contributed by atoms with van der Waals surface area (Å²) in [7, 11) is 0. The van der Waals surface area contributed by atoms with Crippen LogP contribution < -0.4 is 0 Å². The van der Waals surface area contributed by atoms with E-state index in [2.05, 4.69) is 6.92 Å². The summed E-state index contributed by atoms with van der Waals surface area (Å²) >= 11 is 0. The largest absolute Gasteiger partial charge is 0.481 e. The summed E-state index contributed by atoms with van der Waals surface area (Å²) in [6.45, 7) is 2.79. The first-order valence-corrected chi connectivity index (χ1v) is 8.22. The predicted molar refractivity (Wildman–Crippen MR) is 83.4 cm³/mol. The lowest BCUT2D eigenvalue weighted by Gasteiger charge is -2.37. The van der Waals surface area contributed by atoms with Gasteiger partial charge in [0.1, 0.15) is 0 Å². The summed E-state index contributed by atoms with van der Waals surface area (Å²) in [5.74, 6) is -0.0405. The van der Waals surface area contributed by atoms with Gasteiger partial charge in [-0.25, -0.2) is 0 Å². The van der Waals surface area contributed by atoms with Gasteiger partial charge in [0.25, 0.3) is 0 Å². The molecule has 1 aromatic rings. The molecule has 1 fully saturated rings. The van der Waals surface area contributed by atoms with Crippen molar-refractivity contribution in [3.8, 4) is 0 Å². The van der Waals surface area contributed by atoms with Crippen molar-refractivity contribution in [3.63, 3.8) is 0 Å². The Hall–Kier alpha value is -1.84. The van der Waals surface area contributed by atoms with E-state index >= 15 is 0 Å². The van der Waals surface area contributed by atoms with Gasteiger partial charge in [-0.15, -0.1) is 0 Å². The second-order valence-corrected chi connectivity index (χ2v) is 6.49. The van der Waals surface area contributed by atoms with Crippen LogP contribution in [-0.4, -0.2) is 28.4 Å². The van der Waals surface area contributed by atoms with Crippen LogP contribution in [0.4, 0.5) is 0 Å². The third-order valence-corrected chi connectivity index (χ3v) is 4.96. The number of fused-ring (bicyclic) bond motifs is 1. The molecule has 0 saturated heterocycles. The third-order valence-electron chi connectivity index (χ3n) is 4.96. The van der Waals surface area contributed by atoms with Crippen molar-refractivity contribution >= 4 is 11.9 Å². The average molecular weight is 301 g/mol. The Morgan fingerprint density at radius 1 is 1.32 bits per heavy atom. The number of nitrogens with zero attached hydrogens (tertiary/aromatic N) is 1. The lowest BCUT2D eigenvalue weighted by Crippen LogP contribution is -2.42. The molecule has 1 aliphatic carbocycles. The fourth-order valence-electron chi connectivity index (χ4n) is 3.75. The zero-order valence-corrected chi connectivity index (χ0v) is 13.0. The van der Waals surface area contributed by atoms with Crippen LogP contribution in [0.2, 0.25) is 0 Å². The van der Waals surface area contributed by atoms with E-state index in [0.29, 0.717) is 12.5 Å². The van der Waals surface area contributed by atoms with Crippen molar-refractivity contribution in [3.05, 3.63) is 35.4 Å². The fraction of sp³-hybridized carbons (Fsp3) is 0.556. The normalized spacial score (nSPS) is 26.4. The van der Waals surface area contributed by atoms with E-state index in [1.807, 2.05) is 29.2 Å². The van der Waals surface area contributed by atoms with Crippen LogP contribution in [0.25, 0.3) is 0 Å². The maximum Gasteiger partial charge on any atom is 0.305 e. The number of hydrogen-bond acceptors (Lipinski definition) is 2. The first-order valence-electron chi connectivity index (χ1n) is 8.22. The first kappa shape index (κ1) is 15.1. The predicted octanol–water partition coefficient (Wildman–Crippen LogP) is 3.02. The smallest absolute Gasteiger partial charge is 0.305 e. The molecule has 0 radical (unpaired) electrons. The van der Waals surface area contributed by atoms with E-state index in [1.54, 1.807) is 0 Å². The van der Waals surface area contributed by atoms with Gasteiger partial charge in [0, 0.05) is 12.5 Å². The highest BCUT2D eigenvalue weighted by molar-refractivity contribution is 5.83. The van der Waals surface area contributed by atoms with Gasteiger partial charge >= 0.3 is 5.97 Å². The van der Waals surface area contributed by atoms with Crippen molar-refractivity contribution in [1.29, 1.82) is 0 Å². The number of benzene rings is 1. The zero-order valence-electron chi connectivity index (χ0n) is 13.0. The van der Waals surface area contributed by atoms with Crippen molar-refractivity contribution in [1.82, 2.24) is 4.90 Å². The molecule has 0 aromatic heterocycles. The zero-order chi connectivity index (χ0) is 15.7. The van der Waals surface area contributed by atoms with E-state index in [1.165, 1.54) is 5.56 Å². The lowest BCUT2D eigenvalue weighted by atomic mass is 9.90. The SMILES string of the molecule is CCC[C@@H]1C[C@H]1C(=O)N1CCc2ccccc2[C@@H]1CC(=O)O. The van der Waals surface area contributed by atoms with Crippen LogP contribution in [0.5, 0.6) is 0 Å². The molecular weight excluding hydrogens is 278 g/mol. The molecule has 1 saturated carbocycles. The molecule has 2 aliphatic rings. The molecular formula is C18H23NO3. The standard InChI is InChI=1S/C18H23NO3/c1-2-5-13-10-15(13)18(22)19-9-8-12-6-3-4-7-14(12)16(19)11-17(20)21/h3-4,6-7,13,15-16H,2,5,8-11H2,1H3,(H,20,21)/t13-,15-,16+/m1/s1. The Morgan fingerprint density at radius 3 is 2.82 bits per heavy atom. The molecule has 3 atom stereocenters. The molecule has 22 heavy (non-hydrogen) atoms. The molecule has 118 valence electrons. The monoisotopic (exact) mass is 301 g/mol. The maximum absolute atomic E-state index is 12.8. The second kappa shape index (κ2) is 6.11. The van der Waals surface area contributed by atoms with Crippen LogP contribution in [0.3, 0.4) is 0 Å². The Balaban J connectivity index is 1.81. The molecule has 4 heteroatoms. The lowest BCUT2D eigenvalue weighted by molar-refractivity contribution is -0.142. The quantitative estimate of drug-likeness (QED) is 0.909. The molecule has 1 aromatic carbocycles. The minimum atomic E-state index is -0.847. The Morgan fingerprint density at radius 2 is 2.09 bits per heavy atom. The molecule has 1 amide bonds. The summed E-state index contributed by atoms with van der Waals surface area (Å²) in [6, 6.07) is 7.62. The number of carboxylic acid groups (broad SMARTS) is 1.